The van der Waals surface area contributed by atoms with Crippen LogP contribution in [-0.4, -0.2) is 26.5 Å². The molecule has 0 unspecified atom stereocenters. The van der Waals surface area contributed by atoms with E-state index in [-0.39, 0.29) is 5.91 Å². The van der Waals surface area contributed by atoms with Crippen LogP contribution in [-0.2, 0) is 6.54 Å². The van der Waals surface area contributed by atoms with Gasteiger partial charge in [0, 0.05) is 29.9 Å². The maximum absolute atomic E-state index is 12.3. The lowest BCUT2D eigenvalue weighted by Gasteiger charge is -2.06. The lowest BCUT2D eigenvalue weighted by Crippen LogP contribution is -2.25. The summed E-state index contributed by atoms with van der Waals surface area (Å²) in [5.41, 5.74) is 9.10. The van der Waals surface area contributed by atoms with Gasteiger partial charge in [-0.15, -0.1) is 0 Å². The van der Waals surface area contributed by atoms with Gasteiger partial charge in [0.2, 0.25) is 0 Å². The molecule has 142 valence electrons. The number of carbonyl (C=O) groups excluding carboxylic acids is 1. The summed E-state index contributed by atoms with van der Waals surface area (Å²) in [7, 11) is 0. The number of nitrogens with zero attached hydrogens (tertiary/aromatic N) is 3. The van der Waals surface area contributed by atoms with E-state index >= 15 is 0 Å². The van der Waals surface area contributed by atoms with Gasteiger partial charge in [0.15, 0.2) is 0 Å². The number of rotatable bonds is 4. The van der Waals surface area contributed by atoms with Gasteiger partial charge in [-0.3, -0.25) is 4.79 Å². The summed E-state index contributed by atoms with van der Waals surface area (Å²) in [4.78, 5) is 20.8. The molecule has 0 aliphatic heterocycles. The second kappa shape index (κ2) is 7.35. The van der Waals surface area contributed by atoms with Crippen LogP contribution in [0, 0.1) is 17.8 Å². The Kier molecular flexibility index (Phi) is 4.74. The SMILES string of the molecule is CC(C)Cn1cc(C#Cc2cccc(C(=O)NC3CC3)c2)c2c(N)ncnc21. The van der Waals surface area contributed by atoms with Crippen LogP contribution >= 0.6 is 0 Å². The highest BCUT2D eigenvalue weighted by Gasteiger charge is 2.23. The molecule has 2 aromatic heterocycles. The lowest BCUT2D eigenvalue weighted by molar-refractivity contribution is 0.0951. The normalized spacial score (nSPS) is 13.4. The molecule has 0 bridgehead atoms. The summed E-state index contributed by atoms with van der Waals surface area (Å²) in [6, 6.07) is 7.71. The van der Waals surface area contributed by atoms with Crippen molar-refractivity contribution in [2.75, 3.05) is 5.73 Å². The minimum Gasteiger partial charge on any atom is -0.383 e. The Morgan fingerprint density at radius 1 is 1.32 bits per heavy atom. The number of nitrogens with one attached hydrogen (secondary N) is 1. The van der Waals surface area contributed by atoms with Gasteiger partial charge in [-0.1, -0.05) is 31.8 Å². The van der Waals surface area contributed by atoms with Crippen LogP contribution in [0.3, 0.4) is 0 Å². The van der Waals surface area contributed by atoms with Crippen LogP contribution in [0.25, 0.3) is 11.0 Å². The van der Waals surface area contributed by atoms with Crippen molar-refractivity contribution in [3.63, 3.8) is 0 Å². The number of carbonyl (C=O) groups is 1. The average molecular weight is 373 g/mol. The van der Waals surface area contributed by atoms with Crippen molar-refractivity contribution >= 4 is 22.8 Å². The Hall–Kier alpha value is -3.33. The average Bonchev–Trinajstić information content (AvgIpc) is 3.41. The van der Waals surface area contributed by atoms with E-state index in [2.05, 4.69) is 45.5 Å². The molecule has 1 aliphatic rings. The van der Waals surface area contributed by atoms with E-state index < -0.39 is 0 Å². The Morgan fingerprint density at radius 2 is 2.14 bits per heavy atom. The number of amides is 1. The van der Waals surface area contributed by atoms with Crippen molar-refractivity contribution < 1.29 is 4.79 Å². The van der Waals surface area contributed by atoms with E-state index in [0.29, 0.717) is 23.3 Å². The first-order valence-electron chi connectivity index (χ1n) is 9.53. The third kappa shape index (κ3) is 3.84. The molecule has 1 saturated carbocycles. The standard InChI is InChI=1S/C22H23N5O/c1-14(2)11-27-12-17(19-20(23)24-13-25-21(19)27)7-6-15-4-3-5-16(10-15)22(28)26-18-8-9-18/h3-5,10,12-14,18H,8-9,11H2,1-2H3,(H,26,28)(H2,23,24,25). The fourth-order valence-corrected chi connectivity index (χ4v) is 3.15. The second-order valence-electron chi connectivity index (χ2n) is 7.63. The largest absolute Gasteiger partial charge is 0.383 e. The molecule has 1 fully saturated rings. The van der Waals surface area contributed by atoms with E-state index in [9.17, 15) is 4.79 Å². The molecule has 0 spiro atoms. The number of hydrogen-bond donors (Lipinski definition) is 2. The molecule has 3 aromatic rings. The van der Waals surface area contributed by atoms with Gasteiger partial charge in [-0.2, -0.15) is 0 Å². The van der Waals surface area contributed by atoms with Gasteiger partial charge in [0.1, 0.15) is 17.8 Å². The van der Waals surface area contributed by atoms with Crippen molar-refractivity contribution in [1.82, 2.24) is 19.9 Å². The Bertz CT molecular complexity index is 1100. The maximum Gasteiger partial charge on any atom is 0.251 e. The monoisotopic (exact) mass is 373 g/mol. The molecule has 0 radical (unpaired) electrons. The minimum atomic E-state index is -0.0441. The van der Waals surface area contributed by atoms with E-state index in [1.165, 1.54) is 6.33 Å². The quantitative estimate of drug-likeness (QED) is 0.689. The molecule has 2 heterocycles. The first-order valence-corrected chi connectivity index (χ1v) is 9.53. The molecule has 28 heavy (non-hydrogen) atoms. The highest BCUT2D eigenvalue weighted by Crippen LogP contribution is 2.24. The van der Waals surface area contributed by atoms with Gasteiger partial charge in [-0.25, -0.2) is 9.97 Å². The smallest absolute Gasteiger partial charge is 0.251 e. The van der Waals surface area contributed by atoms with Crippen molar-refractivity contribution in [3.8, 4) is 11.8 Å². The zero-order valence-electron chi connectivity index (χ0n) is 16.1. The summed E-state index contributed by atoms with van der Waals surface area (Å²) < 4.78 is 2.07. The molecule has 1 aromatic carbocycles. The Morgan fingerprint density at radius 3 is 2.89 bits per heavy atom. The van der Waals surface area contributed by atoms with Crippen molar-refractivity contribution in [1.29, 1.82) is 0 Å². The molecule has 0 saturated heterocycles. The van der Waals surface area contributed by atoms with E-state index in [0.717, 1.165) is 41.5 Å². The number of benzene rings is 1. The van der Waals surface area contributed by atoms with Crippen molar-refractivity contribution in [3.05, 3.63) is 53.5 Å². The molecule has 1 aliphatic carbocycles. The maximum atomic E-state index is 12.3. The molecule has 0 atom stereocenters. The highest BCUT2D eigenvalue weighted by atomic mass is 16.1. The van der Waals surface area contributed by atoms with Gasteiger partial charge < -0.3 is 15.6 Å². The number of hydrogen-bond acceptors (Lipinski definition) is 4. The summed E-state index contributed by atoms with van der Waals surface area (Å²) in [6.07, 6.45) is 5.59. The number of aromatic nitrogens is 3. The number of nitrogens with two attached hydrogens (primary N) is 1. The second-order valence-corrected chi connectivity index (χ2v) is 7.63. The topological polar surface area (TPSA) is 85.8 Å². The fourth-order valence-electron chi connectivity index (χ4n) is 3.15. The fraction of sp³-hybridized carbons (Fsp3) is 0.318. The summed E-state index contributed by atoms with van der Waals surface area (Å²) >= 11 is 0. The molecule has 1 amide bonds. The predicted molar refractivity (Wildman–Crippen MR) is 110 cm³/mol. The Balaban J connectivity index is 1.68. The van der Waals surface area contributed by atoms with Gasteiger partial charge >= 0.3 is 0 Å². The lowest BCUT2D eigenvalue weighted by atomic mass is 10.1. The van der Waals surface area contributed by atoms with Crippen LogP contribution < -0.4 is 11.1 Å². The molecule has 3 N–H and O–H groups in total. The van der Waals surface area contributed by atoms with E-state index in [1.54, 1.807) is 0 Å². The number of anilines is 1. The van der Waals surface area contributed by atoms with Gasteiger partial charge in [0.05, 0.1) is 10.9 Å². The molecule has 4 rings (SSSR count). The van der Waals surface area contributed by atoms with Gasteiger partial charge in [0.25, 0.3) is 5.91 Å². The van der Waals surface area contributed by atoms with Crippen LogP contribution in [0.1, 0.15) is 48.2 Å². The number of nitrogen functional groups attached to an aromatic ring is 1. The van der Waals surface area contributed by atoms with E-state index in [4.69, 9.17) is 5.73 Å². The first kappa shape index (κ1) is 18.1. The third-order valence-electron chi connectivity index (χ3n) is 4.62. The minimum absolute atomic E-state index is 0.0441. The van der Waals surface area contributed by atoms with Crippen LogP contribution in [0.15, 0.2) is 36.8 Å². The zero-order valence-corrected chi connectivity index (χ0v) is 16.1. The zero-order chi connectivity index (χ0) is 19.7. The molecule has 6 heteroatoms. The molecular formula is C22H23N5O. The summed E-state index contributed by atoms with van der Waals surface area (Å²) in [5.74, 6) is 7.20. The van der Waals surface area contributed by atoms with Crippen LogP contribution in [0.4, 0.5) is 5.82 Å². The number of fused-ring (bicyclic) bond motifs is 1. The first-order chi connectivity index (χ1) is 13.5. The van der Waals surface area contributed by atoms with Crippen molar-refractivity contribution in [2.45, 2.75) is 39.3 Å². The predicted octanol–water partition coefficient (Wildman–Crippen LogP) is 2.96. The van der Waals surface area contributed by atoms with Crippen molar-refractivity contribution in [2.24, 2.45) is 5.92 Å². The molecule has 6 nitrogen and oxygen atoms in total. The Labute approximate surface area is 164 Å². The third-order valence-corrected chi connectivity index (χ3v) is 4.62. The van der Waals surface area contributed by atoms with Crippen LogP contribution in [0.5, 0.6) is 0 Å². The van der Waals surface area contributed by atoms with Gasteiger partial charge in [-0.05, 0) is 37.0 Å². The summed E-state index contributed by atoms with van der Waals surface area (Å²) in [5, 5.41) is 3.78. The summed E-state index contributed by atoms with van der Waals surface area (Å²) in [6.45, 7) is 5.13. The highest BCUT2D eigenvalue weighted by molar-refractivity contribution is 5.95. The molecular weight excluding hydrogens is 350 g/mol. The van der Waals surface area contributed by atoms with E-state index in [1.807, 2.05) is 30.5 Å². The van der Waals surface area contributed by atoms with Crippen LogP contribution in [0.2, 0.25) is 0 Å².